The molecule has 0 spiro atoms. The largest absolute Gasteiger partial charge is 0.504 e. The molecule has 0 heterocycles. The van der Waals surface area contributed by atoms with Gasteiger partial charge in [-0.3, -0.25) is 19.7 Å². The molecule has 2 aromatic carbocycles. The van der Waals surface area contributed by atoms with Gasteiger partial charge in [0.15, 0.2) is 23.0 Å². The zero-order valence-corrected chi connectivity index (χ0v) is 27.9. The average Bonchev–Trinajstić information content (AvgIpc) is 3.04. The summed E-state index contributed by atoms with van der Waals surface area (Å²) in [5.74, 6) is -2.63. The van der Waals surface area contributed by atoms with Crippen molar-refractivity contribution in [3.05, 3.63) is 47.5 Å². The minimum absolute atomic E-state index is 0.0149. The van der Waals surface area contributed by atoms with E-state index in [9.17, 15) is 45.1 Å². The van der Waals surface area contributed by atoms with Crippen molar-refractivity contribution in [1.82, 2.24) is 25.9 Å². The van der Waals surface area contributed by atoms with Gasteiger partial charge in [0, 0.05) is 57.7 Å². The van der Waals surface area contributed by atoms with Crippen molar-refractivity contribution in [2.45, 2.75) is 57.6 Å². The predicted molar refractivity (Wildman–Crippen MR) is 179 cm³/mol. The van der Waals surface area contributed by atoms with E-state index in [1.54, 1.807) is 4.90 Å². The van der Waals surface area contributed by atoms with Gasteiger partial charge in [0.05, 0.1) is 5.56 Å². The normalized spacial score (nSPS) is 11.7. The number of phenols is 4. The van der Waals surface area contributed by atoms with Crippen molar-refractivity contribution in [2.24, 2.45) is 0 Å². The van der Waals surface area contributed by atoms with Gasteiger partial charge in [-0.15, -0.1) is 9.24 Å². The number of unbranched alkanes of at least 4 members (excludes halogenated alkanes) is 3. The van der Waals surface area contributed by atoms with E-state index in [1.807, 2.05) is 0 Å². The first-order chi connectivity index (χ1) is 22.5. The van der Waals surface area contributed by atoms with Gasteiger partial charge >= 0.3 is 0 Å². The van der Waals surface area contributed by atoms with Crippen molar-refractivity contribution in [1.29, 1.82) is 0 Å². The molecule has 0 aromatic heterocycles. The molecular formula is C32H50N5O9P. The number of phenolic OH excluding ortho intramolecular Hbond substituents is 4. The van der Waals surface area contributed by atoms with Gasteiger partial charge < -0.3 is 46.3 Å². The highest BCUT2D eigenvalue weighted by molar-refractivity contribution is 7.16. The third-order valence-electron chi connectivity index (χ3n) is 7.40. The number of rotatable bonds is 23. The number of aliphatic hydroxyl groups is 1. The molecule has 262 valence electrons. The summed E-state index contributed by atoms with van der Waals surface area (Å²) in [6.45, 7) is 2.91. The number of hydroxylamine groups is 2. The third kappa shape index (κ3) is 14.7. The van der Waals surface area contributed by atoms with Gasteiger partial charge in [-0.05, 0) is 63.0 Å². The molecule has 3 amide bonds. The number of amides is 3. The van der Waals surface area contributed by atoms with Crippen LogP contribution in [0.5, 0.6) is 23.0 Å². The van der Waals surface area contributed by atoms with E-state index in [2.05, 4.69) is 25.2 Å². The Balaban J connectivity index is 1.81. The Morgan fingerprint density at radius 1 is 0.723 bits per heavy atom. The molecule has 2 atom stereocenters. The van der Waals surface area contributed by atoms with E-state index in [4.69, 9.17) is 0 Å². The van der Waals surface area contributed by atoms with Crippen LogP contribution in [0.4, 0.5) is 0 Å². The van der Waals surface area contributed by atoms with E-state index >= 15 is 0 Å². The first-order valence-corrected chi connectivity index (χ1v) is 16.8. The summed E-state index contributed by atoms with van der Waals surface area (Å²) in [5.41, 5.74) is 0.0768. The van der Waals surface area contributed by atoms with Gasteiger partial charge in [-0.1, -0.05) is 24.6 Å². The summed E-state index contributed by atoms with van der Waals surface area (Å²) >= 11 is 0. The highest BCUT2D eigenvalue weighted by Gasteiger charge is 2.18. The Morgan fingerprint density at radius 2 is 1.36 bits per heavy atom. The molecule has 0 bridgehead atoms. The van der Waals surface area contributed by atoms with Crippen LogP contribution in [-0.4, -0.2) is 110 Å². The summed E-state index contributed by atoms with van der Waals surface area (Å²) in [4.78, 5) is 39.5. The lowest BCUT2D eigenvalue weighted by atomic mass is 10.1. The molecular weight excluding hydrogens is 629 g/mol. The number of para-hydroxylation sites is 2. The zero-order chi connectivity index (χ0) is 34.6. The Labute approximate surface area is 277 Å². The molecule has 0 aliphatic heterocycles. The van der Waals surface area contributed by atoms with Gasteiger partial charge in [-0.25, -0.2) is 0 Å². The fourth-order valence-corrected chi connectivity index (χ4v) is 5.04. The Hall–Kier alpha value is -3.68. The number of carbonyl (C=O) groups excluding carboxylic acids is 3. The van der Waals surface area contributed by atoms with Crippen LogP contribution < -0.4 is 16.0 Å². The molecule has 14 nitrogen and oxygen atoms in total. The molecule has 9 N–H and O–H groups in total. The summed E-state index contributed by atoms with van der Waals surface area (Å²) in [5, 5.41) is 68.8. The van der Waals surface area contributed by atoms with Gasteiger partial charge in [0.2, 0.25) is 11.8 Å². The number of benzene rings is 2. The lowest BCUT2D eigenvalue weighted by molar-refractivity contribution is -0.133. The Morgan fingerprint density at radius 3 is 2.11 bits per heavy atom. The molecule has 0 saturated heterocycles. The van der Waals surface area contributed by atoms with Crippen LogP contribution >= 0.6 is 9.24 Å². The smallest absolute Gasteiger partial charge is 0.255 e. The number of hydrogen-bond donors (Lipinski definition) is 9. The van der Waals surface area contributed by atoms with Crippen molar-refractivity contribution < 1.29 is 45.1 Å². The molecule has 47 heavy (non-hydrogen) atoms. The zero-order valence-electron chi connectivity index (χ0n) is 26.7. The average molecular weight is 680 g/mol. The van der Waals surface area contributed by atoms with Crippen LogP contribution in [-0.2, 0) is 9.59 Å². The van der Waals surface area contributed by atoms with E-state index < -0.39 is 29.4 Å². The second kappa shape index (κ2) is 22.0. The van der Waals surface area contributed by atoms with Crippen molar-refractivity contribution in [3.63, 3.8) is 0 Å². The second-order valence-electron chi connectivity index (χ2n) is 11.1. The SMILES string of the molecule is O=C(CCC(=O)N(CCCCNC(=O)c1cccc(O)c1O)CCCNC(O)c1cccc(O)c1O)NCCCCCN(O)CCP. The maximum atomic E-state index is 13.1. The molecule has 0 radical (unpaired) electrons. The minimum Gasteiger partial charge on any atom is -0.504 e. The molecule has 2 rings (SSSR count). The van der Waals surface area contributed by atoms with Crippen LogP contribution in [0.1, 0.15) is 73.5 Å². The highest BCUT2D eigenvalue weighted by Crippen LogP contribution is 2.31. The maximum absolute atomic E-state index is 13.1. The fourth-order valence-electron chi connectivity index (χ4n) is 4.74. The number of aliphatic hydroxyl groups excluding tert-OH is 1. The second-order valence-corrected chi connectivity index (χ2v) is 11.7. The lowest BCUT2D eigenvalue weighted by Gasteiger charge is -2.23. The minimum atomic E-state index is -1.23. The van der Waals surface area contributed by atoms with Crippen molar-refractivity contribution in [2.75, 3.05) is 52.0 Å². The first-order valence-electron chi connectivity index (χ1n) is 15.9. The number of carbonyl (C=O) groups is 3. The first kappa shape index (κ1) is 39.5. The number of aromatic hydroxyl groups is 4. The monoisotopic (exact) mass is 679 g/mol. The van der Waals surface area contributed by atoms with Crippen molar-refractivity contribution in [3.8, 4) is 23.0 Å². The summed E-state index contributed by atoms with van der Waals surface area (Å²) in [6.07, 6.45) is 3.55. The topological polar surface area (TPSA) is 215 Å². The van der Waals surface area contributed by atoms with Gasteiger partial charge in [0.25, 0.3) is 5.91 Å². The van der Waals surface area contributed by atoms with E-state index in [1.165, 1.54) is 41.5 Å². The predicted octanol–water partition coefficient (Wildman–Crippen LogP) is 2.15. The standard InChI is InChI=1S/C32H50N5O9P/c38-25-11-6-9-23(29(25)42)31(44)34-16-3-5-18-36(19-8-17-35-32(45)24-10-7-12-26(39)30(24)43)28(41)14-13-27(40)33-15-2-1-4-20-37(46)21-22-47/h6-7,9-12,32,35,38-39,42-43,45-46H,1-5,8,13-22,47H2,(H,33,40)(H,34,44). The van der Waals surface area contributed by atoms with E-state index in [-0.39, 0.29) is 54.6 Å². The van der Waals surface area contributed by atoms with E-state index in [0.717, 1.165) is 25.4 Å². The maximum Gasteiger partial charge on any atom is 0.255 e. The highest BCUT2D eigenvalue weighted by atomic mass is 31.0. The summed E-state index contributed by atoms with van der Waals surface area (Å²) in [7, 11) is 2.56. The summed E-state index contributed by atoms with van der Waals surface area (Å²) in [6, 6.07) is 8.40. The molecule has 2 unspecified atom stereocenters. The number of hydrogen-bond acceptors (Lipinski definition) is 11. The summed E-state index contributed by atoms with van der Waals surface area (Å²) < 4.78 is 0. The molecule has 15 heteroatoms. The van der Waals surface area contributed by atoms with Crippen LogP contribution in [0.25, 0.3) is 0 Å². The lowest BCUT2D eigenvalue weighted by Crippen LogP contribution is -2.36. The van der Waals surface area contributed by atoms with Crippen LogP contribution in [0.2, 0.25) is 0 Å². The molecule has 0 fully saturated rings. The van der Waals surface area contributed by atoms with Gasteiger partial charge in [0.1, 0.15) is 6.23 Å². The van der Waals surface area contributed by atoms with Crippen molar-refractivity contribution >= 4 is 27.0 Å². The third-order valence-corrected chi connectivity index (χ3v) is 7.66. The van der Waals surface area contributed by atoms with Crippen LogP contribution in [0.15, 0.2) is 36.4 Å². The fraction of sp³-hybridized carbons (Fsp3) is 0.531. The Bertz CT molecular complexity index is 1270. The van der Waals surface area contributed by atoms with E-state index in [0.29, 0.717) is 52.0 Å². The van der Waals surface area contributed by atoms with Gasteiger partial charge in [-0.2, -0.15) is 5.06 Å². The number of nitrogens with zero attached hydrogens (tertiary/aromatic N) is 2. The number of nitrogens with one attached hydrogen (secondary N) is 3. The molecule has 0 aliphatic carbocycles. The Kier molecular flexibility index (Phi) is 18.5. The molecule has 0 aliphatic rings. The molecule has 0 saturated carbocycles. The molecule has 2 aromatic rings. The van der Waals surface area contributed by atoms with Crippen LogP contribution in [0.3, 0.4) is 0 Å². The van der Waals surface area contributed by atoms with Crippen LogP contribution in [0, 0.1) is 0 Å². The quantitative estimate of drug-likeness (QED) is 0.0273.